The van der Waals surface area contributed by atoms with Crippen LogP contribution < -0.4 is 15.0 Å². The molecule has 6 heteroatoms. The molecule has 0 aromatic heterocycles. The summed E-state index contributed by atoms with van der Waals surface area (Å²) in [7, 11) is 3.66. The van der Waals surface area contributed by atoms with Crippen molar-refractivity contribution in [3.63, 3.8) is 0 Å². The first-order chi connectivity index (χ1) is 16.2. The van der Waals surface area contributed by atoms with Crippen molar-refractivity contribution in [2.45, 2.75) is 75.8 Å². The molecule has 2 heterocycles. The number of fused-ring (bicyclic) bond motifs is 2. The minimum absolute atomic E-state index is 0.0894. The third-order valence-corrected chi connectivity index (χ3v) is 9.20. The monoisotopic (exact) mass is 483 g/mol. The number of piperidine rings is 1. The summed E-state index contributed by atoms with van der Waals surface area (Å²) in [5, 5.41) is 3.72. The van der Waals surface area contributed by atoms with Gasteiger partial charge in [-0.3, -0.25) is 0 Å². The molecule has 0 atom stereocenters. The SMILES string of the molecule is CCN(CC1(OC)CCN(C(C)C)CC1)c1ccc2c(c1)Sc1c(C)c(OC)c(C)c(C)c1N2. The van der Waals surface area contributed by atoms with Crippen molar-refractivity contribution in [1.29, 1.82) is 0 Å². The fourth-order valence-electron chi connectivity index (χ4n) is 5.43. The molecule has 4 rings (SSSR count). The van der Waals surface area contributed by atoms with Crippen LogP contribution in [0, 0.1) is 20.8 Å². The third kappa shape index (κ3) is 4.52. The number of hydrogen-bond donors (Lipinski definition) is 1. The van der Waals surface area contributed by atoms with Gasteiger partial charge in [-0.2, -0.15) is 0 Å². The predicted molar refractivity (Wildman–Crippen MR) is 145 cm³/mol. The maximum atomic E-state index is 6.19. The first kappa shape index (κ1) is 25.2. The van der Waals surface area contributed by atoms with Gasteiger partial charge in [0.25, 0.3) is 0 Å². The van der Waals surface area contributed by atoms with Gasteiger partial charge in [0.15, 0.2) is 0 Å². The highest BCUT2D eigenvalue weighted by atomic mass is 32.2. The number of ether oxygens (including phenoxy) is 2. The standard InChI is InChI=1S/C28H41N3O2S/c1-9-30(17-28(33-8)12-14-31(15-13-28)18(2)3)22-10-11-23-24(16-22)34-27-21(6)26(32-7)20(5)19(4)25(27)29-23/h10-11,16,18,29H,9,12-15,17H2,1-8H3. The molecule has 0 bridgehead atoms. The van der Waals surface area contributed by atoms with Crippen LogP contribution in [0.2, 0.25) is 0 Å². The van der Waals surface area contributed by atoms with E-state index in [1.54, 1.807) is 7.11 Å². The van der Waals surface area contributed by atoms with Crippen molar-refractivity contribution in [3.8, 4) is 5.75 Å². The molecular weight excluding hydrogens is 442 g/mol. The van der Waals surface area contributed by atoms with Crippen LogP contribution in [0.1, 0.15) is 50.3 Å². The molecule has 2 aliphatic heterocycles. The number of nitrogens with zero attached hydrogens (tertiary/aromatic N) is 2. The van der Waals surface area contributed by atoms with Crippen molar-refractivity contribution >= 4 is 28.8 Å². The predicted octanol–water partition coefficient (Wildman–Crippen LogP) is 6.54. The minimum atomic E-state index is -0.0894. The van der Waals surface area contributed by atoms with E-state index in [-0.39, 0.29) is 5.60 Å². The fourth-order valence-corrected chi connectivity index (χ4v) is 6.61. The number of methoxy groups -OCH3 is 2. The van der Waals surface area contributed by atoms with Crippen LogP contribution in [0.3, 0.4) is 0 Å². The van der Waals surface area contributed by atoms with Gasteiger partial charge in [-0.05, 0) is 83.7 Å². The molecule has 5 nitrogen and oxygen atoms in total. The van der Waals surface area contributed by atoms with E-state index < -0.39 is 0 Å². The molecule has 2 aromatic carbocycles. The zero-order valence-corrected chi connectivity index (χ0v) is 23.0. The second-order valence-electron chi connectivity index (χ2n) is 10.1. The summed E-state index contributed by atoms with van der Waals surface area (Å²) < 4.78 is 11.9. The van der Waals surface area contributed by atoms with Crippen LogP contribution in [-0.2, 0) is 4.74 Å². The summed E-state index contributed by atoms with van der Waals surface area (Å²) in [6.07, 6.45) is 2.15. The fraction of sp³-hybridized carbons (Fsp3) is 0.571. The van der Waals surface area contributed by atoms with Gasteiger partial charge in [-0.25, -0.2) is 0 Å². The number of rotatable bonds is 7. The molecule has 1 fully saturated rings. The maximum absolute atomic E-state index is 6.19. The largest absolute Gasteiger partial charge is 0.496 e. The van der Waals surface area contributed by atoms with E-state index in [1.165, 1.54) is 43.5 Å². The van der Waals surface area contributed by atoms with Crippen molar-refractivity contribution in [2.24, 2.45) is 0 Å². The molecule has 0 aliphatic carbocycles. The highest BCUT2D eigenvalue weighted by Gasteiger charge is 2.37. The Kier molecular flexibility index (Phi) is 7.41. The average molecular weight is 484 g/mol. The molecule has 0 saturated carbocycles. The summed E-state index contributed by atoms with van der Waals surface area (Å²) in [6.45, 7) is 17.4. The highest BCUT2D eigenvalue weighted by Crippen LogP contribution is 2.51. The summed E-state index contributed by atoms with van der Waals surface area (Å²) in [4.78, 5) is 7.57. The Bertz CT molecular complexity index is 1040. The van der Waals surface area contributed by atoms with E-state index in [4.69, 9.17) is 9.47 Å². The lowest BCUT2D eigenvalue weighted by Crippen LogP contribution is -2.53. The van der Waals surface area contributed by atoms with Crippen molar-refractivity contribution in [2.75, 3.05) is 50.6 Å². The minimum Gasteiger partial charge on any atom is -0.496 e. The quantitative estimate of drug-likeness (QED) is 0.411. The molecule has 2 aliphatic rings. The Morgan fingerprint density at radius 2 is 1.79 bits per heavy atom. The lowest BCUT2D eigenvalue weighted by molar-refractivity contribution is -0.0555. The molecule has 0 amide bonds. The van der Waals surface area contributed by atoms with Gasteiger partial charge < -0.3 is 24.6 Å². The van der Waals surface area contributed by atoms with Gasteiger partial charge in [0.2, 0.25) is 0 Å². The number of benzene rings is 2. The summed E-state index contributed by atoms with van der Waals surface area (Å²) in [5.74, 6) is 0.995. The van der Waals surface area contributed by atoms with Gasteiger partial charge in [0, 0.05) is 60.4 Å². The van der Waals surface area contributed by atoms with Crippen LogP contribution in [0.25, 0.3) is 0 Å². The van der Waals surface area contributed by atoms with Gasteiger partial charge in [0.1, 0.15) is 5.75 Å². The van der Waals surface area contributed by atoms with E-state index in [2.05, 4.69) is 74.9 Å². The van der Waals surface area contributed by atoms with Gasteiger partial charge in [-0.1, -0.05) is 11.8 Å². The first-order valence-corrected chi connectivity index (χ1v) is 13.4. The number of likely N-dealkylation sites (N-methyl/N-ethyl adjacent to an activating group) is 1. The Morgan fingerprint density at radius 1 is 1.09 bits per heavy atom. The molecule has 186 valence electrons. The Labute approximate surface area is 210 Å². The second-order valence-corrected chi connectivity index (χ2v) is 11.1. The van der Waals surface area contributed by atoms with Crippen molar-refractivity contribution < 1.29 is 9.47 Å². The molecule has 1 saturated heterocycles. The summed E-state index contributed by atoms with van der Waals surface area (Å²) in [5.41, 5.74) is 7.22. The van der Waals surface area contributed by atoms with E-state index in [0.717, 1.165) is 44.8 Å². The topological polar surface area (TPSA) is 37.0 Å². The lowest BCUT2D eigenvalue weighted by atomic mass is 9.89. The molecule has 1 N–H and O–H groups in total. The van der Waals surface area contributed by atoms with Crippen molar-refractivity contribution in [3.05, 3.63) is 34.9 Å². The number of nitrogens with one attached hydrogen (secondary N) is 1. The van der Waals surface area contributed by atoms with Crippen LogP contribution in [0.15, 0.2) is 28.0 Å². The van der Waals surface area contributed by atoms with Crippen molar-refractivity contribution in [1.82, 2.24) is 4.90 Å². The van der Waals surface area contributed by atoms with Crippen LogP contribution in [0.4, 0.5) is 17.1 Å². The lowest BCUT2D eigenvalue weighted by Gasteiger charge is -2.45. The van der Waals surface area contributed by atoms with Gasteiger partial charge in [0.05, 0.1) is 24.1 Å². The molecule has 0 unspecified atom stereocenters. The third-order valence-electron chi connectivity index (χ3n) is 7.93. The van der Waals surface area contributed by atoms with E-state index in [0.29, 0.717) is 6.04 Å². The number of anilines is 3. The molecule has 0 spiro atoms. The van der Waals surface area contributed by atoms with Gasteiger partial charge in [-0.15, -0.1) is 0 Å². The smallest absolute Gasteiger partial charge is 0.126 e. The van der Waals surface area contributed by atoms with Crippen LogP contribution in [-0.4, -0.2) is 56.9 Å². The Morgan fingerprint density at radius 3 is 2.38 bits per heavy atom. The normalized spacial score (nSPS) is 17.2. The number of hydrogen-bond acceptors (Lipinski definition) is 6. The van der Waals surface area contributed by atoms with Gasteiger partial charge >= 0.3 is 0 Å². The summed E-state index contributed by atoms with van der Waals surface area (Å²) >= 11 is 1.85. The first-order valence-electron chi connectivity index (χ1n) is 12.5. The Hall–Kier alpha value is -1.89. The number of likely N-dealkylation sites (tertiary alicyclic amines) is 1. The highest BCUT2D eigenvalue weighted by molar-refractivity contribution is 7.99. The molecule has 0 radical (unpaired) electrons. The maximum Gasteiger partial charge on any atom is 0.126 e. The van der Waals surface area contributed by atoms with Crippen LogP contribution >= 0.6 is 11.8 Å². The zero-order chi connectivity index (χ0) is 24.6. The molecular formula is C28H41N3O2S. The zero-order valence-electron chi connectivity index (χ0n) is 22.2. The molecule has 34 heavy (non-hydrogen) atoms. The molecule has 2 aromatic rings. The average Bonchev–Trinajstić information content (AvgIpc) is 2.85. The van der Waals surface area contributed by atoms with E-state index in [1.807, 2.05) is 18.9 Å². The van der Waals surface area contributed by atoms with Crippen LogP contribution in [0.5, 0.6) is 5.75 Å². The second kappa shape index (κ2) is 10.00. The summed E-state index contributed by atoms with van der Waals surface area (Å²) in [6, 6.07) is 7.43. The van der Waals surface area contributed by atoms with E-state index >= 15 is 0 Å². The Balaban J connectivity index is 1.59. The van der Waals surface area contributed by atoms with E-state index in [9.17, 15) is 0 Å².